The minimum atomic E-state index is 0.742. The van der Waals surface area contributed by atoms with Gasteiger partial charge >= 0.3 is 0 Å². The van der Waals surface area contributed by atoms with Crippen molar-refractivity contribution < 1.29 is 0 Å². The van der Waals surface area contributed by atoms with Gasteiger partial charge < -0.3 is 0 Å². The van der Waals surface area contributed by atoms with E-state index in [2.05, 4.69) is 400 Å². The normalized spacial score (nSPS) is 11.3. The standard InChI is InChI=1S/C35H24N2S.3C29H20N2S/c1-23-19-31(29-16-10-18-33-34(29)30-15-8-9-17-32(30)38-33)37-35(36-23)28-21-26(24-11-4-2-5-12-24)20-27(22-28)25-13-6-3-7-14-25;1-19-17-25(23-14-8-16-27-28(23)24-13-5-6-15-26(24)32-27)31-29(30-19)22-12-7-11-21(18-22)20-9-3-2-4-10-20;1-19-18-25(23-15-9-17-27-28(23)24-14-7-8-16-26(24)32-27)31-29(30-19)22-13-6-5-12-21(22)20-10-3-2-4-11-20;1-19-18-26(31-29(30-19)22-8-3-2-4-9-22)21-16-14-20(15-17-21)23-11-7-12-25-24-10-5-6-13-27(24)32-28(23)25/h2-22H,1H3;3*2-18H,1H3. The van der Waals surface area contributed by atoms with Crippen LogP contribution in [0.4, 0.5) is 0 Å². The number of hydrogen-bond acceptors (Lipinski definition) is 12. The van der Waals surface area contributed by atoms with E-state index in [0.29, 0.717) is 0 Å². The SMILES string of the molecule is Cc1cc(-c2ccc(-c3cccc4c3sc3ccccc34)cc2)nc(-c2ccccc2)n1.Cc1cc(-c2cccc3sc4ccccc4c23)nc(-c2cc(-c3ccccc3)cc(-c3ccccc3)c2)n1.Cc1cc(-c2cccc3sc4ccccc4c23)nc(-c2cccc(-c3ccccc3)c2)n1.Cc1cc(-c2cccc3sc4ccccc4c23)nc(-c2ccccc2-c2ccccc2)n1. The third kappa shape index (κ3) is 17.1. The molecule has 0 saturated heterocycles. The molecule has 25 rings (SSSR count). The fourth-order valence-corrected chi connectivity index (χ4v) is 22.7. The second-order valence-electron chi connectivity index (χ2n) is 33.3. The molecular weight excluding hydrogens is 1710 g/mol. The molecule has 0 aliphatic carbocycles. The first kappa shape index (κ1) is 83.5. The van der Waals surface area contributed by atoms with Gasteiger partial charge in [-0.25, -0.2) is 39.9 Å². The van der Waals surface area contributed by atoms with Crippen molar-refractivity contribution in [1.82, 2.24) is 39.9 Å². The Morgan fingerprint density at radius 1 is 0.149 bits per heavy atom. The van der Waals surface area contributed by atoms with Crippen LogP contribution in [-0.2, 0) is 0 Å². The molecule has 0 aliphatic heterocycles. The lowest BCUT2D eigenvalue weighted by Crippen LogP contribution is -1.97. The summed E-state index contributed by atoms with van der Waals surface area (Å²) in [5.74, 6) is 3.02. The molecule has 0 aliphatic rings. The summed E-state index contributed by atoms with van der Waals surface area (Å²) < 4.78 is 10.4. The second kappa shape index (κ2) is 37.1. The van der Waals surface area contributed by atoms with Crippen LogP contribution in [0.1, 0.15) is 22.8 Å². The van der Waals surface area contributed by atoms with Crippen molar-refractivity contribution in [2.75, 3.05) is 0 Å². The van der Waals surface area contributed by atoms with E-state index >= 15 is 0 Å². The van der Waals surface area contributed by atoms with E-state index in [1.165, 1.54) is 120 Å². The topological polar surface area (TPSA) is 103 Å². The molecule has 17 aromatic carbocycles. The molecule has 8 aromatic heterocycles. The Morgan fingerprint density at radius 2 is 0.433 bits per heavy atom. The fraction of sp³-hybridized carbons (Fsp3) is 0.0328. The highest BCUT2D eigenvalue weighted by Crippen LogP contribution is 2.47. The Labute approximate surface area is 793 Å². The average molecular weight is 1790 g/mol. The molecule has 0 bridgehead atoms. The van der Waals surface area contributed by atoms with Gasteiger partial charge in [-0.1, -0.05) is 346 Å². The number of aromatic nitrogens is 8. The number of benzene rings is 17. The third-order valence-electron chi connectivity index (χ3n) is 24.3. The minimum Gasteiger partial charge on any atom is -0.233 e. The third-order valence-corrected chi connectivity index (χ3v) is 28.9. The monoisotopic (exact) mass is 1790 g/mol. The van der Waals surface area contributed by atoms with Crippen LogP contribution in [0, 0.1) is 27.7 Å². The Balaban J connectivity index is 0.000000104. The maximum atomic E-state index is 5.17. The zero-order valence-electron chi connectivity index (χ0n) is 73.8. The number of nitrogens with zero attached hydrogens (tertiary/aromatic N) is 8. The van der Waals surface area contributed by atoms with Crippen LogP contribution in [0.3, 0.4) is 0 Å². The molecule has 25 aromatic rings. The van der Waals surface area contributed by atoms with Crippen molar-refractivity contribution >= 4 is 126 Å². The number of fused-ring (bicyclic) bond motifs is 12. The Morgan fingerprint density at radius 3 is 0.918 bits per heavy atom. The number of hydrogen-bond donors (Lipinski definition) is 0. The van der Waals surface area contributed by atoms with Crippen LogP contribution < -0.4 is 0 Å². The van der Waals surface area contributed by atoms with Crippen molar-refractivity contribution in [3.05, 3.63) is 460 Å². The highest BCUT2D eigenvalue weighted by molar-refractivity contribution is 7.27. The molecular formula is C122H84N8S4. The first-order chi connectivity index (χ1) is 66.0. The molecule has 8 heterocycles. The predicted molar refractivity (Wildman–Crippen MR) is 569 cm³/mol. The smallest absolute Gasteiger partial charge is 0.160 e. The van der Waals surface area contributed by atoms with Crippen LogP contribution in [0.15, 0.2) is 437 Å². The summed E-state index contributed by atoms with van der Waals surface area (Å²) in [4.78, 5) is 39.3. The van der Waals surface area contributed by atoms with Gasteiger partial charge in [-0.15, -0.1) is 45.3 Å². The molecule has 0 N–H and O–H groups in total. The van der Waals surface area contributed by atoms with Gasteiger partial charge in [0.2, 0.25) is 0 Å². The van der Waals surface area contributed by atoms with E-state index in [1.807, 2.05) is 115 Å². The maximum Gasteiger partial charge on any atom is 0.160 e. The van der Waals surface area contributed by atoms with Crippen LogP contribution in [-0.4, -0.2) is 39.9 Å². The summed E-state index contributed by atoms with van der Waals surface area (Å²) >= 11 is 7.36. The van der Waals surface area contributed by atoms with Gasteiger partial charge in [0.05, 0.1) is 22.8 Å². The maximum absolute atomic E-state index is 5.17. The van der Waals surface area contributed by atoms with Gasteiger partial charge in [0.1, 0.15) is 0 Å². The van der Waals surface area contributed by atoms with E-state index in [9.17, 15) is 0 Å². The molecule has 134 heavy (non-hydrogen) atoms. The quantitative estimate of drug-likeness (QED) is 0.112. The molecule has 0 saturated carbocycles. The van der Waals surface area contributed by atoms with Crippen molar-refractivity contribution in [3.8, 4) is 146 Å². The molecule has 12 heteroatoms. The van der Waals surface area contributed by atoms with Crippen LogP contribution in [0.5, 0.6) is 0 Å². The van der Waals surface area contributed by atoms with E-state index in [1.54, 1.807) is 0 Å². The number of rotatable bonds is 13. The van der Waals surface area contributed by atoms with Crippen molar-refractivity contribution in [2.24, 2.45) is 0 Å². The first-order valence-electron chi connectivity index (χ1n) is 44.8. The number of thiophene rings is 4. The lowest BCUT2D eigenvalue weighted by Gasteiger charge is -2.12. The summed E-state index contributed by atoms with van der Waals surface area (Å²) in [6, 6.07) is 153. The van der Waals surface area contributed by atoms with Crippen molar-refractivity contribution in [1.29, 1.82) is 0 Å². The minimum absolute atomic E-state index is 0.742. The molecule has 0 amide bonds. The summed E-state index contributed by atoms with van der Waals surface area (Å²) in [6.45, 7) is 8.17. The molecule has 0 fully saturated rings. The Bertz CT molecular complexity index is 8610. The van der Waals surface area contributed by atoms with E-state index in [0.717, 1.165) is 130 Å². The van der Waals surface area contributed by atoms with Gasteiger partial charge in [0.15, 0.2) is 23.3 Å². The van der Waals surface area contributed by atoms with Gasteiger partial charge in [-0.05, 0) is 174 Å². The molecule has 0 spiro atoms. The lowest BCUT2D eigenvalue weighted by atomic mass is 9.95. The molecule has 8 nitrogen and oxygen atoms in total. The Hall–Kier alpha value is -16.1. The second-order valence-corrected chi connectivity index (χ2v) is 37.6. The van der Waals surface area contributed by atoms with Gasteiger partial charge in [-0.2, -0.15) is 0 Å². The van der Waals surface area contributed by atoms with E-state index < -0.39 is 0 Å². The van der Waals surface area contributed by atoms with Gasteiger partial charge in [0, 0.05) is 148 Å². The largest absolute Gasteiger partial charge is 0.233 e. The van der Waals surface area contributed by atoms with Crippen molar-refractivity contribution in [2.45, 2.75) is 27.7 Å². The highest BCUT2D eigenvalue weighted by atomic mass is 32.1. The number of aryl methyl sites for hydroxylation is 4. The van der Waals surface area contributed by atoms with Crippen LogP contribution in [0.25, 0.3) is 227 Å². The molecule has 0 radical (unpaired) electrons. The van der Waals surface area contributed by atoms with Gasteiger partial charge in [-0.3, -0.25) is 0 Å². The average Bonchev–Trinajstić information content (AvgIpc) is 1.62. The van der Waals surface area contributed by atoms with Crippen LogP contribution in [0.2, 0.25) is 0 Å². The lowest BCUT2D eigenvalue weighted by molar-refractivity contribution is 1.11. The van der Waals surface area contributed by atoms with E-state index in [4.69, 9.17) is 34.9 Å². The van der Waals surface area contributed by atoms with Crippen molar-refractivity contribution in [3.63, 3.8) is 0 Å². The summed E-state index contributed by atoms with van der Waals surface area (Å²) in [5, 5.41) is 10.3. The summed E-state index contributed by atoms with van der Waals surface area (Å²) in [7, 11) is 0. The fourth-order valence-electron chi connectivity index (χ4n) is 18.1. The first-order valence-corrected chi connectivity index (χ1v) is 48.1. The highest BCUT2D eigenvalue weighted by Gasteiger charge is 2.22. The molecule has 0 atom stereocenters. The summed E-state index contributed by atoms with van der Waals surface area (Å²) in [6.07, 6.45) is 0. The Kier molecular flexibility index (Phi) is 23.1. The zero-order chi connectivity index (χ0) is 90.0. The molecule has 636 valence electrons. The zero-order valence-corrected chi connectivity index (χ0v) is 77.0. The summed E-state index contributed by atoms with van der Waals surface area (Å²) in [5.41, 5.74) is 28.2. The van der Waals surface area contributed by atoms with Gasteiger partial charge in [0.25, 0.3) is 0 Å². The van der Waals surface area contributed by atoms with Crippen LogP contribution >= 0.6 is 45.3 Å². The molecule has 0 unspecified atom stereocenters. The van der Waals surface area contributed by atoms with E-state index in [-0.39, 0.29) is 0 Å². The predicted octanol–water partition coefficient (Wildman–Crippen LogP) is 34.3.